The molecule has 37 heavy (non-hydrogen) atoms. The van der Waals surface area contributed by atoms with Gasteiger partial charge in [0.2, 0.25) is 0 Å². The lowest BCUT2D eigenvalue weighted by molar-refractivity contribution is -0.122. The van der Waals surface area contributed by atoms with Crippen molar-refractivity contribution in [2.75, 3.05) is 0 Å². The molecule has 11 nitrogen and oxygen atoms in total. The maximum absolute atomic E-state index is 14.3. The second-order valence-electron chi connectivity index (χ2n) is 10.1. The maximum atomic E-state index is 14.3. The molecule has 3 aromatic heterocycles. The Kier molecular flexibility index (Phi) is 6.68. The zero-order chi connectivity index (χ0) is 27.1. The molecule has 3 heterocycles. The van der Waals surface area contributed by atoms with Crippen molar-refractivity contribution < 1.29 is 23.2 Å². The SMILES string of the molecule is C[C@H](NC(=O)c1cc(C(=O)NCc2ccc3oc(=O)n(C)c3c2)nc2c(F)cnn12)C(=O)CC(C)(C)C. The van der Waals surface area contributed by atoms with Crippen molar-refractivity contribution in [1.82, 2.24) is 29.8 Å². The fourth-order valence-electron chi connectivity index (χ4n) is 3.80. The summed E-state index contributed by atoms with van der Waals surface area (Å²) in [5, 5.41) is 9.13. The minimum atomic E-state index is -0.813. The average molecular weight is 511 g/mol. The first-order valence-corrected chi connectivity index (χ1v) is 11.6. The number of carbonyl (C=O) groups is 3. The number of aryl methyl sites for hydroxylation is 1. The largest absolute Gasteiger partial charge is 0.419 e. The molecule has 1 aromatic carbocycles. The van der Waals surface area contributed by atoms with Gasteiger partial charge in [0, 0.05) is 26.1 Å². The molecule has 4 rings (SSSR count). The Labute approximate surface area is 210 Å². The van der Waals surface area contributed by atoms with E-state index in [2.05, 4.69) is 20.7 Å². The van der Waals surface area contributed by atoms with Crippen LogP contribution in [0.15, 0.2) is 39.7 Å². The van der Waals surface area contributed by atoms with E-state index < -0.39 is 29.4 Å². The van der Waals surface area contributed by atoms with E-state index in [9.17, 15) is 23.6 Å². The number of aromatic nitrogens is 4. The summed E-state index contributed by atoms with van der Waals surface area (Å²) in [5.74, 6) is -2.84. The molecule has 0 saturated carbocycles. The third kappa shape index (κ3) is 5.42. The van der Waals surface area contributed by atoms with Crippen molar-refractivity contribution in [3.63, 3.8) is 0 Å². The standard InChI is InChI=1S/C25H27FN6O5/c1-13(19(33)10-25(2,3)4)29-23(35)18-9-16(30-21-15(26)12-28-32(18)21)22(34)27-11-14-6-7-20-17(8-14)31(5)24(36)37-20/h6-9,12-13H,10-11H2,1-5H3,(H,27,34)(H,29,35)/t13-/m0/s1. The van der Waals surface area contributed by atoms with Gasteiger partial charge in [0.05, 0.1) is 17.8 Å². The van der Waals surface area contributed by atoms with E-state index in [4.69, 9.17) is 4.42 Å². The second-order valence-corrected chi connectivity index (χ2v) is 10.1. The number of halogens is 1. The van der Waals surface area contributed by atoms with E-state index >= 15 is 0 Å². The van der Waals surface area contributed by atoms with Crippen LogP contribution in [0.3, 0.4) is 0 Å². The molecule has 12 heteroatoms. The van der Waals surface area contributed by atoms with Gasteiger partial charge < -0.3 is 15.1 Å². The summed E-state index contributed by atoms with van der Waals surface area (Å²) in [6.45, 7) is 7.38. The molecular formula is C25H27FN6O5. The number of nitrogens with zero attached hydrogens (tertiary/aromatic N) is 4. The Hall–Kier alpha value is -4.35. The number of hydrogen-bond donors (Lipinski definition) is 2. The van der Waals surface area contributed by atoms with Gasteiger partial charge in [0.1, 0.15) is 11.4 Å². The van der Waals surface area contributed by atoms with Crippen molar-refractivity contribution in [3.05, 3.63) is 63.8 Å². The summed E-state index contributed by atoms with van der Waals surface area (Å²) in [6.07, 6.45) is 1.14. The molecule has 0 aliphatic heterocycles. The molecule has 0 fully saturated rings. The van der Waals surface area contributed by atoms with E-state index in [1.54, 1.807) is 32.2 Å². The van der Waals surface area contributed by atoms with Crippen LogP contribution in [0.25, 0.3) is 16.7 Å². The predicted molar refractivity (Wildman–Crippen MR) is 132 cm³/mol. The van der Waals surface area contributed by atoms with E-state index in [0.717, 1.165) is 10.7 Å². The topological polar surface area (TPSA) is 141 Å². The number of amides is 2. The van der Waals surface area contributed by atoms with Crippen LogP contribution in [0.2, 0.25) is 0 Å². The molecule has 194 valence electrons. The van der Waals surface area contributed by atoms with E-state index in [1.807, 2.05) is 20.8 Å². The highest BCUT2D eigenvalue weighted by Gasteiger charge is 2.25. The second kappa shape index (κ2) is 9.60. The summed E-state index contributed by atoms with van der Waals surface area (Å²) in [7, 11) is 1.57. The zero-order valence-corrected chi connectivity index (χ0v) is 21.1. The number of fused-ring (bicyclic) bond motifs is 2. The molecule has 0 spiro atoms. The van der Waals surface area contributed by atoms with Crippen LogP contribution >= 0.6 is 0 Å². The Morgan fingerprint density at radius 1 is 1.16 bits per heavy atom. The molecule has 0 aliphatic carbocycles. The number of hydrogen-bond acceptors (Lipinski definition) is 7. The fourth-order valence-corrected chi connectivity index (χ4v) is 3.80. The smallest absolute Gasteiger partial charge is 0.408 e. The van der Waals surface area contributed by atoms with Gasteiger partial charge in [-0.15, -0.1) is 0 Å². The maximum Gasteiger partial charge on any atom is 0.419 e. The van der Waals surface area contributed by atoms with Gasteiger partial charge in [0.15, 0.2) is 22.8 Å². The number of ketones is 1. The normalized spacial score (nSPS) is 12.6. The molecule has 0 bridgehead atoms. The first-order chi connectivity index (χ1) is 17.3. The van der Waals surface area contributed by atoms with E-state index in [0.29, 0.717) is 16.7 Å². The summed E-state index contributed by atoms with van der Waals surface area (Å²) < 4.78 is 21.8. The number of oxazole rings is 1. The zero-order valence-electron chi connectivity index (χ0n) is 21.1. The number of benzene rings is 1. The molecule has 0 aliphatic rings. The lowest BCUT2D eigenvalue weighted by atomic mass is 9.88. The monoisotopic (exact) mass is 510 g/mol. The number of rotatable bonds is 7. The quantitative estimate of drug-likeness (QED) is 0.389. The van der Waals surface area contributed by atoms with Crippen LogP contribution in [0.1, 0.15) is 60.7 Å². The summed E-state index contributed by atoms with van der Waals surface area (Å²) in [4.78, 5) is 54.1. The Morgan fingerprint density at radius 3 is 2.59 bits per heavy atom. The van der Waals surface area contributed by atoms with Gasteiger partial charge in [-0.1, -0.05) is 26.8 Å². The molecule has 2 N–H and O–H groups in total. The third-order valence-electron chi connectivity index (χ3n) is 5.74. The highest BCUT2D eigenvalue weighted by Crippen LogP contribution is 2.20. The fraction of sp³-hybridized carbons (Fsp3) is 0.360. The summed E-state index contributed by atoms with van der Waals surface area (Å²) >= 11 is 0. The van der Waals surface area contributed by atoms with Crippen molar-refractivity contribution in [3.8, 4) is 0 Å². The Balaban J connectivity index is 1.56. The summed E-state index contributed by atoms with van der Waals surface area (Å²) in [6, 6.07) is 5.39. The van der Waals surface area contributed by atoms with Crippen molar-refractivity contribution in [2.24, 2.45) is 12.5 Å². The first kappa shape index (κ1) is 25.7. The van der Waals surface area contributed by atoms with Crippen molar-refractivity contribution >= 4 is 34.3 Å². The Morgan fingerprint density at radius 2 is 1.89 bits per heavy atom. The highest BCUT2D eigenvalue weighted by molar-refractivity contribution is 6.00. The van der Waals surface area contributed by atoms with Gasteiger partial charge in [-0.25, -0.2) is 18.7 Å². The molecule has 1 atom stereocenters. The van der Waals surface area contributed by atoms with Crippen LogP contribution in [-0.4, -0.2) is 42.8 Å². The number of nitrogens with one attached hydrogen (secondary N) is 2. The predicted octanol–water partition coefficient (Wildman–Crippen LogP) is 2.37. The van der Waals surface area contributed by atoms with Gasteiger partial charge in [-0.05, 0) is 30.0 Å². The minimum Gasteiger partial charge on any atom is -0.408 e. The molecule has 0 saturated heterocycles. The van der Waals surface area contributed by atoms with E-state index in [-0.39, 0.29) is 41.2 Å². The molecule has 0 unspecified atom stereocenters. The lowest BCUT2D eigenvalue weighted by Crippen LogP contribution is -2.40. The minimum absolute atomic E-state index is 0.0720. The number of carbonyl (C=O) groups excluding carboxylic acids is 3. The molecule has 0 radical (unpaired) electrons. The van der Waals surface area contributed by atoms with E-state index in [1.165, 1.54) is 10.6 Å². The molecule has 4 aromatic rings. The van der Waals surface area contributed by atoms with Gasteiger partial charge in [-0.3, -0.25) is 19.0 Å². The van der Waals surface area contributed by atoms with Crippen LogP contribution in [-0.2, 0) is 18.4 Å². The average Bonchev–Trinajstić information content (AvgIpc) is 3.34. The highest BCUT2D eigenvalue weighted by atomic mass is 19.1. The lowest BCUT2D eigenvalue weighted by Gasteiger charge is -2.20. The Bertz CT molecular complexity index is 1590. The molecule has 2 amide bonds. The number of Topliss-reactive ketones (excluding diaryl/α,β-unsaturated/α-hetero) is 1. The van der Waals surface area contributed by atoms with Crippen molar-refractivity contribution in [2.45, 2.75) is 46.7 Å². The van der Waals surface area contributed by atoms with Crippen LogP contribution < -0.4 is 16.4 Å². The van der Waals surface area contributed by atoms with Crippen molar-refractivity contribution in [1.29, 1.82) is 0 Å². The van der Waals surface area contributed by atoms with Gasteiger partial charge in [0.25, 0.3) is 11.8 Å². The van der Waals surface area contributed by atoms with Crippen LogP contribution in [0, 0.1) is 11.2 Å². The molecular weight excluding hydrogens is 483 g/mol. The van der Waals surface area contributed by atoms with Crippen LogP contribution in [0.5, 0.6) is 0 Å². The van der Waals surface area contributed by atoms with Gasteiger partial charge >= 0.3 is 5.76 Å². The third-order valence-corrected chi connectivity index (χ3v) is 5.74. The van der Waals surface area contributed by atoms with Gasteiger partial charge in [-0.2, -0.15) is 5.10 Å². The summed E-state index contributed by atoms with van der Waals surface area (Å²) in [5.41, 5.74) is 0.738. The van der Waals surface area contributed by atoms with Crippen LogP contribution in [0.4, 0.5) is 4.39 Å². The first-order valence-electron chi connectivity index (χ1n) is 11.6.